The fourth-order valence-corrected chi connectivity index (χ4v) is 2.84. The summed E-state index contributed by atoms with van der Waals surface area (Å²) in [6, 6.07) is 6.72. The molecule has 0 radical (unpaired) electrons. The number of hydrogen-bond acceptors (Lipinski definition) is 7. The molecule has 0 fully saturated rings. The minimum atomic E-state index is -0.361. The zero-order valence-electron chi connectivity index (χ0n) is 13.7. The number of ether oxygens (including phenoxy) is 2. The van der Waals surface area contributed by atoms with Crippen LogP contribution in [0.2, 0.25) is 0 Å². The first kappa shape index (κ1) is 18.8. The highest BCUT2D eigenvalue weighted by Gasteiger charge is 2.12. The van der Waals surface area contributed by atoms with Gasteiger partial charge in [-0.15, -0.1) is 11.3 Å². The van der Waals surface area contributed by atoms with Gasteiger partial charge in [-0.2, -0.15) is 0 Å². The number of anilines is 1. The fraction of sp³-hybridized carbons (Fsp3) is 0.250. The van der Waals surface area contributed by atoms with Gasteiger partial charge in [0.05, 0.1) is 25.8 Å². The molecule has 1 aromatic carbocycles. The molecule has 1 heterocycles. The van der Waals surface area contributed by atoms with Crippen molar-refractivity contribution in [1.29, 1.82) is 0 Å². The lowest BCUT2D eigenvalue weighted by Gasteiger charge is -2.08. The lowest BCUT2D eigenvalue weighted by atomic mass is 10.2. The molecule has 0 aliphatic heterocycles. The first-order chi connectivity index (χ1) is 12.0. The molecule has 1 aromatic heterocycles. The Kier molecular flexibility index (Phi) is 6.84. The molecule has 0 bridgehead atoms. The minimum Gasteiger partial charge on any atom is -0.497 e. The van der Waals surface area contributed by atoms with E-state index in [1.54, 1.807) is 36.6 Å². The highest BCUT2D eigenvalue weighted by Crippen LogP contribution is 2.16. The molecule has 7 nitrogen and oxygen atoms in total. The van der Waals surface area contributed by atoms with Crippen molar-refractivity contribution in [3.8, 4) is 5.75 Å². The average Bonchev–Trinajstić information content (AvgIpc) is 3.01. The normalized spacial score (nSPS) is 10.0. The minimum absolute atomic E-state index is 0.0922. The molecule has 0 aliphatic carbocycles. The molecular formula is C16H17N3O4S2. The molecule has 2 rings (SSSR count). The van der Waals surface area contributed by atoms with Crippen LogP contribution in [0.25, 0.3) is 0 Å². The third-order valence-corrected chi connectivity index (χ3v) is 3.97. The summed E-state index contributed by atoms with van der Waals surface area (Å²) in [6.07, 6.45) is 0.0922. The Balaban J connectivity index is 1.90. The van der Waals surface area contributed by atoms with Crippen LogP contribution < -0.4 is 15.4 Å². The second kappa shape index (κ2) is 9.09. The Morgan fingerprint density at radius 2 is 2.16 bits per heavy atom. The van der Waals surface area contributed by atoms with Gasteiger partial charge in [0.2, 0.25) is 0 Å². The summed E-state index contributed by atoms with van der Waals surface area (Å²) in [6.45, 7) is 2.07. The van der Waals surface area contributed by atoms with Gasteiger partial charge in [-0.05, 0) is 37.3 Å². The summed E-state index contributed by atoms with van der Waals surface area (Å²) in [4.78, 5) is 27.8. The van der Waals surface area contributed by atoms with E-state index in [1.807, 2.05) is 0 Å². The van der Waals surface area contributed by atoms with E-state index in [9.17, 15) is 9.59 Å². The zero-order chi connectivity index (χ0) is 18.2. The van der Waals surface area contributed by atoms with E-state index in [0.29, 0.717) is 28.7 Å². The van der Waals surface area contributed by atoms with Gasteiger partial charge in [0.25, 0.3) is 5.91 Å². The lowest BCUT2D eigenvalue weighted by molar-refractivity contribution is -0.142. The number of thiocarbonyl (C=S) groups is 1. The number of amides is 1. The van der Waals surface area contributed by atoms with Crippen molar-refractivity contribution in [3.63, 3.8) is 0 Å². The number of aromatic nitrogens is 1. The predicted octanol–water partition coefficient (Wildman–Crippen LogP) is 2.38. The Morgan fingerprint density at radius 3 is 2.88 bits per heavy atom. The smallest absolute Gasteiger partial charge is 0.311 e. The molecule has 0 saturated carbocycles. The first-order valence-corrected chi connectivity index (χ1v) is 8.67. The summed E-state index contributed by atoms with van der Waals surface area (Å²) < 4.78 is 9.95. The number of benzene rings is 1. The van der Waals surface area contributed by atoms with E-state index in [2.05, 4.69) is 15.6 Å². The van der Waals surface area contributed by atoms with Crippen LogP contribution in [0.5, 0.6) is 5.75 Å². The summed E-state index contributed by atoms with van der Waals surface area (Å²) in [5.41, 5.74) is 0.999. The van der Waals surface area contributed by atoms with Crippen LogP contribution in [0.3, 0.4) is 0 Å². The van der Waals surface area contributed by atoms with Crippen molar-refractivity contribution in [2.75, 3.05) is 19.0 Å². The van der Waals surface area contributed by atoms with E-state index in [4.69, 9.17) is 21.7 Å². The number of rotatable bonds is 6. The van der Waals surface area contributed by atoms with E-state index in [-0.39, 0.29) is 23.4 Å². The Bertz CT molecular complexity index is 776. The number of hydrogen-bond donors (Lipinski definition) is 2. The Labute approximate surface area is 154 Å². The molecule has 2 aromatic rings. The molecule has 25 heavy (non-hydrogen) atoms. The number of carbonyl (C=O) groups is 2. The molecule has 132 valence electrons. The van der Waals surface area contributed by atoms with Crippen LogP contribution in [-0.4, -0.2) is 35.7 Å². The summed E-state index contributed by atoms with van der Waals surface area (Å²) in [5.74, 6) is -0.122. The highest BCUT2D eigenvalue weighted by molar-refractivity contribution is 7.80. The maximum absolute atomic E-state index is 12.2. The predicted molar refractivity (Wildman–Crippen MR) is 99.1 cm³/mol. The van der Waals surface area contributed by atoms with E-state index in [0.717, 1.165) is 0 Å². The maximum atomic E-state index is 12.2. The van der Waals surface area contributed by atoms with Gasteiger partial charge in [-0.3, -0.25) is 14.9 Å². The summed E-state index contributed by atoms with van der Waals surface area (Å²) in [7, 11) is 1.53. The SMILES string of the molecule is CCOC(=O)Cc1csc(NC(=S)NC(=O)c2cccc(OC)c2)n1. The quantitative estimate of drug-likeness (QED) is 0.588. The number of esters is 1. The van der Waals surface area contributed by atoms with Crippen molar-refractivity contribution in [2.45, 2.75) is 13.3 Å². The molecule has 0 unspecified atom stereocenters. The van der Waals surface area contributed by atoms with E-state index < -0.39 is 0 Å². The van der Waals surface area contributed by atoms with Crippen LogP contribution >= 0.6 is 23.6 Å². The van der Waals surface area contributed by atoms with Crippen molar-refractivity contribution >= 4 is 45.7 Å². The number of nitrogens with one attached hydrogen (secondary N) is 2. The molecule has 0 saturated heterocycles. The van der Waals surface area contributed by atoms with Gasteiger partial charge in [0.15, 0.2) is 10.2 Å². The third-order valence-electron chi connectivity index (χ3n) is 2.96. The molecule has 0 spiro atoms. The number of methoxy groups -OCH3 is 1. The van der Waals surface area contributed by atoms with Crippen LogP contribution in [0.1, 0.15) is 23.0 Å². The van der Waals surface area contributed by atoms with Gasteiger partial charge in [-0.1, -0.05) is 6.07 Å². The Morgan fingerprint density at radius 1 is 1.36 bits per heavy atom. The largest absolute Gasteiger partial charge is 0.497 e. The van der Waals surface area contributed by atoms with Crippen molar-refractivity contribution in [2.24, 2.45) is 0 Å². The molecule has 1 amide bonds. The molecule has 0 aliphatic rings. The maximum Gasteiger partial charge on any atom is 0.311 e. The third kappa shape index (κ3) is 5.80. The van der Waals surface area contributed by atoms with Crippen molar-refractivity contribution in [1.82, 2.24) is 10.3 Å². The number of carbonyl (C=O) groups excluding carboxylic acids is 2. The monoisotopic (exact) mass is 379 g/mol. The average molecular weight is 379 g/mol. The number of thiazole rings is 1. The van der Waals surface area contributed by atoms with Crippen LogP contribution in [0.15, 0.2) is 29.6 Å². The molecule has 2 N–H and O–H groups in total. The van der Waals surface area contributed by atoms with Gasteiger partial charge in [0, 0.05) is 10.9 Å². The van der Waals surface area contributed by atoms with E-state index >= 15 is 0 Å². The first-order valence-electron chi connectivity index (χ1n) is 7.38. The summed E-state index contributed by atoms with van der Waals surface area (Å²) in [5, 5.41) is 7.71. The highest BCUT2D eigenvalue weighted by atomic mass is 32.1. The van der Waals surface area contributed by atoms with Crippen molar-refractivity contribution < 1.29 is 19.1 Å². The lowest BCUT2D eigenvalue weighted by Crippen LogP contribution is -2.34. The Hall–Kier alpha value is -2.52. The molecular weight excluding hydrogens is 362 g/mol. The fourth-order valence-electron chi connectivity index (χ4n) is 1.87. The van der Waals surface area contributed by atoms with Crippen LogP contribution in [-0.2, 0) is 16.0 Å². The van der Waals surface area contributed by atoms with Crippen LogP contribution in [0, 0.1) is 0 Å². The van der Waals surface area contributed by atoms with Crippen LogP contribution in [0.4, 0.5) is 5.13 Å². The number of nitrogens with zero attached hydrogens (tertiary/aromatic N) is 1. The van der Waals surface area contributed by atoms with Gasteiger partial charge >= 0.3 is 5.97 Å². The van der Waals surface area contributed by atoms with Gasteiger partial charge in [0.1, 0.15) is 5.75 Å². The van der Waals surface area contributed by atoms with Crippen molar-refractivity contribution in [3.05, 3.63) is 40.9 Å². The second-order valence-electron chi connectivity index (χ2n) is 4.77. The molecule has 0 atom stereocenters. The zero-order valence-corrected chi connectivity index (χ0v) is 15.3. The summed E-state index contributed by atoms with van der Waals surface area (Å²) >= 11 is 6.39. The molecule has 9 heteroatoms. The topological polar surface area (TPSA) is 89.6 Å². The van der Waals surface area contributed by atoms with E-state index in [1.165, 1.54) is 18.4 Å². The van der Waals surface area contributed by atoms with Gasteiger partial charge in [-0.25, -0.2) is 4.98 Å². The standard InChI is InChI=1S/C16H17N3O4S2/c1-3-23-13(20)8-11-9-25-16(17-11)19-15(24)18-14(21)10-5-4-6-12(7-10)22-2/h4-7,9H,3,8H2,1-2H3,(H2,17,18,19,21,24). The second-order valence-corrected chi connectivity index (χ2v) is 6.03. The van der Waals surface area contributed by atoms with Gasteiger partial charge < -0.3 is 14.8 Å².